The number of aromatic nitrogens is 2. The summed E-state index contributed by atoms with van der Waals surface area (Å²) < 4.78 is 13.1. The summed E-state index contributed by atoms with van der Waals surface area (Å²) in [6.07, 6.45) is 3.49. The molecule has 0 aliphatic carbocycles. The Labute approximate surface area is 106 Å². The van der Waals surface area contributed by atoms with E-state index >= 15 is 0 Å². The Bertz CT molecular complexity index is 426. The van der Waals surface area contributed by atoms with E-state index in [1.807, 2.05) is 6.92 Å². The average Bonchev–Trinajstić information content (AvgIpc) is 2.59. The minimum absolute atomic E-state index is 0.143. The second-order valence-electron chi connectivity index (χ2n) is 3.80. The highest BCUT2D eigenvalue weighted by Crippen LogP contribution is 1.94. The summed E-state index contributed by atoms with van der Waals surface area (Å²) >= 11 is 0. The maximum Gasteiger partial charge on any atom is 0.348 e. The smallest absolute Gasteiger partial charge is 0.348 e. The fraction of sp³-hybridized carbons (Fsp3) is 0.583. The standard InChI is InChI=1S/C12H19N2O4/c1-4-17-11(15)7-13-6-10(3)14(9-13)8-12(16)18-5-2/h6,9H,4-5,7-8H2,1-3H3/q+1. The molecular weight excluding hydrogens is 236 g/mol. The first-order chi connectivity index (χ1) is 8.56. The van der Waals surface area contributed by atoms with Crippen molar-refractivity contribution in [2.24, 2.45) is 0 Å². The molecule has 0 fully saturated rings. The van der Waals surface area contributed by atoms with Gasteiger partial charge in [0, 0.05) is 6.92 Å². The first kappa shape index (κ1) is 14.2. The van der Waals surface area contributed by atoms with E-state index in [2.05, 4.69) is 0 Å². The Balaban J connectivity index is 2.63. The van der Waals surface area contributed by atoms with Gasteiger partial charge in [0.1, 0.15) is 11.9 Å². The van der Waals surface area contributed by atoms with Gasteiger partial charge in [-0.25, -0.2) is 18.7 Å². The molecule has 0 radical (unpaired) electrons. The Hall–Kier alpha value is -1.85. The van der Waals surface area contributed by atoms with Gasteiger partial charge in [0.15, 0.2) is 13.1 Å². The molecule has 0 saturated carbocycles. The number of hydrogen-bond acceptors (Lipinski definition) is 4. The van der Waals surface area contributed by atoms with E-state index in [4.69, 9.17) is 9.47 Å². The lowest BCUT2D eigenvalue weighted by molar-refractivity contribution is -0.691. The lowest BCUT2D eigenvalue weighted by Gasteiger charge is -1.99. The van der Waals surface area contributed by atoms with Gasteiger partial charge in [-0.15, -0.1) is 0 Å². The maximum atomic E-state index is 11.4. The zero-order valence-corrected chi connectivity index (χ0v) is 11.0. The molecule has 6 nitrogen and oxygen atoms in total. The van der Waals surface area contributed by atoms with Gasteiger partial charge in [0.2, 0.25) is 6.33 Å². The summed E-state index contributed by atoms with van der Waals surface area (Å²) in [5, 5.41) is 0. The number of rotatable bonds is 6. The number of esters is 2. The van der Waals surface area contributed by atoms with E-state index in [1.165, 1.54) is 0 Å². The summed E-state index contributed by atoms with van der Waals surface area (Å²) in [7, 11) is 0. The molecule has 0 unspecified atom stereocenters. The molecule has 1 heterocycles. The Morgan fingerprint density at radius 2 is 1.83 bits per heavy atom. The van der Waals surface area contributed by atoms with Gasteiger partial charge >= 0.3 is 11.9 Å². The third-order valence-electron chi connectivity index (χ3n) is 2.32. The molecule has 0 saturated heterocycles. The van der Waals surface area contributed by atoms with Crippen LogP contribution in [0.3, 0.4) is 0 Å². The van der Waals surface area contributed by atoms with Gasteiger partial charge in [-0.05, 0) is 13.8 Å². The number of ether oxygens (including phenoxy) is 2. The summed E-state index contributed by atoms with van der Waals surface area (Å²) in [6, 6.07) is 0. The average molecular weight is 255 g/mol. The van der Waals surface area contributed by atoms with Crippen molar-refractivity contribution in [1.82, 2.24) is 4.57 Å². The van der Waals surface area contributed by atoms with Crippen LogP contribution in [0.5, 0.6) is 0 Å². The molecule has 6 heteroatoms. The molecular formula is C12H19N2O4+. The van der Waals surface area contributed by atoms with E-state index in [9.17, 15) is 9.59 Å². The molecule has 0 atom stereocenters. The van der Waals surface area contributed by atoms with Crippen molar-refractivity contribution in [3.63, 3.8) is 0 Å². The molecule has 1 rings (SSSR count). The number of imidazole rings is 1. The van der Waals surface area contributed by atoms with Crippen LogP contribution in [-0.2, 0) is 32.2 Å². The monoisotopic (exact) mass is 255 g/mol. The van der Waals surface area contributed by atoms with Gasteiger partial charge in [0.05, 0.1) is 13.2 Å². The summed E-state index contributed by atoms with van der Waals surface area (Å²) in [5.74, 6) is -0.588. The van der Waals surface area contributed by atoms with Gasteiger partial charge in [-0.1, -0.05) is 0 Å². The third kappa shape index (κ3) is 4.20. The normalized spacial score (nSPS) is 10.2. The minimum Gasteiger partial charge on any atom is -0.463 e. The Morgan fingerprint density at radius 3 is 2.44 bits per heavy atom. The van der Waals surface area contributed by atoms with Crippen molar-refractivity contribution in [2.75, 3.05) is 13.2 Å². The SMILES string of the molecule is CCOC(=O)Cn1cc(C)[n+](CC(=O)OCC)c1. The van der Waals surface area contributed by atoms with Gasteiger partial charge in [0.25, 0.3) is 0 Å². The maximum absolute atomic E-state index is 11.4. The Kier molecular flexibility index (Phi) is 5.35. The summed E-state index contributed by atoms with van der Waals surface area (Å²) in [6.45, 7) is 6.41. The molecule has 1 aromatic heterocycles. The number of carbonyl (C=O) groups is 2. The highest BCUT2D eigenvalue weighted by Gasteiger charge is 2.16. The van der Waals surface area contributed by atoms with Crippen molar-refractivity contribution >= 4 is 11.9 Å². The van der Waals surface area contributed by atoms with Crippen molar-refractivity contribution in [1.29, 1.82) is 0 Å². The predicted octanol–water partition coefficient (Wildman–Crippen LogP) is 0.210. The number of hydrogen-bond donors (Lipinski definition) is 0. The van der Waals surface area contributed by atoms with Crippen molar-refractivity contribution in [2.45, 2.75) is 33.9 Å². The zero-order valence-electron chi connectivity index (χ0n) is 11.0. The van der Waals surface area contributed by atoms with Crippen LogP contribution in [-0.4, -0.2) is 29.7 Å². The first-order valence-corrected chi connectivity index (χ1v) is 5.93. The predicted molar refractivity (Wildman–Crippen MR) is 62.6 cm³/mol. The van der Waals surface area contributed by atoms with E-state index in [1.54, 1.807) is 35.5 Å². The molecule has 100 valence electrons. The largest absolute Gasteiger partial charge is 0.463 e. The minimum atomic E-state index is -0.296. The summed E-state index contributed by atoms with van der Waals surface area (Å²) in [5.41, 5.74) is 0.882. The van der Waals surface area contributed by atoms with Crippen LogP contribution in [0.1, 0.15) is 19.5 Å². The number of aryl methyl sites for hydroxylation is 1. The van der Waals surface area contributed by atoms with Crippen LogP contribution in [0.15, 0.2) is 12.5 Å². The third-order valence-corrected chi connectivity index (χ3v) is 2.32. The van der Waals surface area contributed by atoms with Crippen LogP contribution in [0.25, 0.3) is 0 Å². The molecule has 0 spiro atoms. The van der Waals surface area contributed by atoms with Crippen LogP contribution >= 0.6 is 0 Å². The first-order valence-electron chi connectivity index (χ1n) is 5.93. The molecule has 0 bridgehead atoms. The molecule has 0 aliphatic heterocycles. The van der Waals surface area contributed by atoms with Crippen molar-refractivity contribution in [3.8, 4) is 0 Å². The topological polar surface area (TPSA) is 61.4 Å². The molecule has 0 aliphatic rings. The lowest BCUT2D eigenvalue weighted by Crippen LogP contribution is -2.39. The second kappa shape index (κ2) is 6.78. The quantitative estimate of drug-likeness (QED) is 0.538. The van der Waals surface area contributed by atoms with Gasteiger partial charge in [-0.2, -0.15) is 0 Å². The lowest BCUT2D eigenvalue weighted by atomic mass is 10.5. The van der Waals surface area contributed by atoms with E-state index in [0.717, 1.165) is 5.69 Å². The van der Waals surface area contributed by atoms with Gasteiger partial charge < -0.3 is 9.47 Å². The fourth-order valence-corrected chi connectivity index (χ4v) is 1.57. The highest BCUT2D eigenvalue weighted by molar-refractivity contribution is 5.69. The van der Waals surface area contributed by atoms with E-state index < -0.39 is 0 Å². The summed E-state index contributed by atoms with van der Waals surface area (Å²) in [4.78, 5) is 22.7. The Morgan fingerprint density at radius 1 is 1.22 bits per heavy atom. The fourth-order valence-electron chi connectivity index (χ4n) is 1.57. The molecule has 18 heavy (non-hydrogen) atoms. The van der Waals surface area contributed by atoms with Crippen LogP contribution < -0.4 is 4.57 Å². The van der Waals surface area contributed by atoms with Crippen molar-refractivity contribution < 1.29 is 23.6 Å². The van der Waals surface area contributed by atoms with Crippen LogP contribution in [0, 0.1) is 6.92 Å². The molecule has 0 amide bonds. The van der Waals surface area contributed by atoms with E-state index in [0.29, 0.717) is 13.2 Å². The zero-order chi connectivity index (χ0) is 13.5. The van der Waals surface area contributed by atoms with Crippen LogP contribution in [0.2, 0.25) is 0 Å². The van der Waals surface area contributed by atoms with Crippen molar-refractivity contribution in [3.05, 3.63) is 18.2 Å². The highest BCUT2D eigenvalue weighted by atomic mass is 16.5. The molecule has 0 aromatic carbocycles. The number of nitrogens with zero attached hydrogens (tertiary/aromatic N) is 2. The molecule has 1 aromatic rings. The van der Waals surface area contributed by atoms with Crippen LogP contribution in [0.4, 0.5) is 0 Å². The number of carbonyl (C=O) groups excluding carboxylic acids is 2. The second-order valence-corrected chi connectivity index (χ2v) is 3.80. The van der Waals surface area contributed by atoms with Gasteiger partial charge in [-0.3, -0.25) is 0 Å². The van der Waals surface area contributed by atoms with E-state index in [-0.39, 0.29) is 25.0 Å². The molecule has 0 N–H and O–H groups in total.